The van der Waals surface area contributed by atoms with Crippen molar-refractivity contribution in [1.82, 2.24) is 14.1 Å². The number of nitrogen functional groups attached to an aromatic ring is 1. The number of methoxy groups -OCH3 is 1. The van der Waals surface area contributed by atoms with Gasteiger partial charge >= 0.3 is 22.9 Å². The second-order valence-electron chi connectivity index (χ2n) is 8.19. The zero-order valence-electron chi connectivity index (χ0n) is 19.9. The third-order valence-corrected chi connectivity index (χ3v) is 5.06. The number of nitrogens with two attached hydrogens (primary N) is 1. The van der Waals surface area contributed by atoms with E-state index in [4.69, 9.17) is 5.73 Å². The monoisotopic (exact) mass is 492 g/mol. The van der Waals surface area contributed by atoms with Crippen LogP contribution in [0.4, 0.5) is 17.2 Å². The maximum atomic E-state index is 13.3. The van der Waals surface area contributed by atoms with Crippen molar-refractivity contribution in [3.05, 3.63) is 59.1 Å². The summed E-state index contributed by atoms with van der Waals surface area (Å²) in [6, 6.07) is 0.758. The Labute approximate surface area is 199 Å². The number of rotatable bonds is 10. The smallest absolute Gasteiger partial charge is 0.339 e. The van der Waals surface area contributed by atoms with Crippen LogP contribution in [0.5, 0.6) is 0 Å². The van der Waals surface area contributed by atoms with Gasteiger partial charge in [-0.1, -0.05) is 27.2 Å². The molecule has 1 amide bonds. The lowest BCUT2D eigenvalue weighted by atomic mass is 10.2. The highest BCUT2D eigenvalue weighted by molar-refractivity contribution is 5.95. The van der Waals surface area contributed by atoms with Gasteiger partial charge in [0, 0.05) is 25.4 Å². The van der Waals surface area contributed by atoms with E-state index in [1.807, 2.05) is 20.8 Å². The largest absolute Gasteiger partial charge is 0.465 e. The zero-order chi connectivity index (χ0) is 26.4. The second kappa shape index (κ2) is 11.3. The molecule has 2 rings (SSSR count). The van der Waals surface area contributed by atoms with Crippen molar-refractivity contribution in [2.45, 2.75) is 46.7 Å². The molecule has 0 bridgehead atoms. The Bertz CT molecular complexity index is 1310. The third kappa shape index (κ3) is 6.02. The summed E-state index contributed by atoms with van der Waals surface area (Å²) in [7, 11) is 1.06. The second-order valence-corrected chi connectivity index (χ2v) is 8.19. The third-order valence-electron chi connectivity index (χ3n) is 5.06. The van der Waals surface area contributed by atoms with Crippen molar-refractivity contribution in [2.75, 3.05) is 24.3 Å². The molecule has 2 heterocycles. The number of amides is 1. The lowest BCUT2D eigenvalue weighted by Crippen LogP contribution is -2.44. The number of hydrogen-bond acceptors (Lipinski definition) is 9. The van der Waals surface area contributed by atoms with Crippen LogP contribution in [0.1, 0.15) is 44.0 Å². The Morgan fingerprint density at radius 1 is 1.29 bits per heavy atom. The van der Waals surface area contributed by atoms with Gasteiger partial charge in [0.1, 0.15) is 12.4 Å². The number of carbonyl (C=O) groups excluding carboxylic acids is 2. The van der Waals surface area contributed by atoms with Crippen LogP contribution in [-0.2, 0) is 22.6 Å². The average Bonchev–Trinajstić information content (AvgIpc) is 2.78. The Kier molecular flexibility index (Phi) is 8.70. The Hall–Kier alpha value is -4.23. The van der Waals surface area contributed by atoms with E-state index in [1.165, 1.54) is 0 Å². The van der Waals surface area contributed by atoms with Crippen molar-refractivity contribution >= 4 is 29.1 Å². The van der Waals surface area contributed by atoms with Gasteiger partial charge in [0.15, 0.2) is 5.69 Å². The minimum atomic E-state index is -1.13. The Morgan fingerprint density at radius 2 is 1.94 bits per heavy atom. The van der Waals surface area contributed by atoms with Crippen LogP contribution in [0, 0.1) is 16.0 Å². The molecule has 0 unspecified atom stereocenters. The van der Waals surface area contributed by atoms with Crippen molar-refractivity contribution < 1.29 is 19.2 Å². The van der Waals surface area contributed by atoms with Gasteiger partial charge in [-0.25, -0.2) is 9.59 Å². The normalized spacial score (nSPS) is 10.9. The number of aromatic nitrogens is 3. The van der Waals surface area contributed by atoms with E-state index in [1.54, 1.807) is 0 Å². The number of pyridine rings is 1. The molecule has 3 N–H and O–H groups in total. The van der Waals surface area contributed by atoms with Crippen LogP contribution in [-0.4, -0.2) is 44.6 Å². The molecule has 0 aliphatic rings. The number of esters is 1. The first kappa shape index (κ1) is 27.0. The summed E-state index contributed by atoms with van der Waals surface area (Å²) in [4.78, 5) is 76.4. The first-order valence-electron chi connectivity index (χ1n) is 10.8. The van der Waals surface area contributed by atoms with Crippen LogP contribution >= 0.6 is 0 Å². The summed E-state index contributed by atoms with van der Waals surface area (Å²) in [5.74, 6) is -1.98. The topological polar surface area (TPSA) is 193 Å². The molecule has 0 aliphatic carbocycles. The molecule has 2 aromatic rings. The number of hydrogen-bond donors (Lipinski definition) is 2. The Morgan fingerprint density at radius 3 is 2.49 bits per heavy atom. The fraction of sp³-hybridized carbons (Fsp3) is 0.476. The highest BCUT2D eigenvalue weighted by Crippen LogP contribution is 2.19. The molecule has 14 heteroatoms. The lowest BCUT2D eigenvalue weighted by Gasteiger charge is -2.25. The van der Waals surface area contributed by atoms with Crippen molar-refractivity contribution in [3.8, 4) is 0 Å². The molecule has 190 valence electrons. The summed E-state index contributed by atoms with van der Waals surface area (Å²) in [5, 5.41) is 11.3. The molecule has 0 aliphatic heterocycles. The van der Waals surface area contributed by atoms with Crippen LogP contribution < -0.4 is 27.4 Å². The molecule has 0 saturated heterocycles. The predicted octanol–water partition coefficient (Wildman–Crippen LogP) is 0.465. The van der Waals surface area contributed by atoms with Gasteiger partial charge in [0.05, 0.1) is 17.6 Å². The maximum Gasteiger partial charge on any atom is 0.339 e. The van der Waals surface area contributed by atoms with Crippen molar-refractivity contribution in [2.24, 2.45) is 5.92 Å². The van der Waals surface area contributed by atoms with Crippen LogP contribution in [0.3, 0.4) is 0 Å². The molecular formula is C21H28N6O8. The van der Waals surface area contributed by atoms with Crippen molar-refractivity contribution in [1.29, 1.82) is 0 Å². The zero-order valence-corrected chi connectivity index (χ0v) is 19.9. The number of ether oxygens (including phenoxy) is 1. The van der Waals surface area contributed by atoms with Gasteiger partial charge < -0.3 is 15.4 Å². The summed E-state index contributed by atoms with van der Waals surface area (Å²) in [6.07, 6.45) is 2.05. The van der Waals surface area contributed by atoms with E-state index >= 15 is 0 Å². The number of nitro groups is 1. The fourth-order valence-corrected chi connectivity index (χ4v) is 3.39. The highest BCUT2D eigenvalue weighted by Gasteiger charge is 2.27. The summed E-state index contributed by atoms with van der Waals surface area (Å²) in [6.45, 7) is 4.99. The Balaban J connectivity index is 2.64. The standard InChI is InChI=1S/C21H28N6O8/c1-5-6-7-25(16-17(22)26(9-12(2)3)21(32)23-18(16)29)15(28)11-24-10-13(20(31)35-4)8-14(19(24)30)27(33)34/h8,10,12H,5-7,9,11,22H2,1-4H3,(H,23,29,32). The number of carbonyl (C=O) groups is 2. The minimum absolute atomic E-state index is 0.00580. The van der Waals surface area contributed by atoms with E-state index in [0.717, 1.165) is 28.8 Å². The minimum Gasteiger partial charge on any atom is -0.465 e. The van der Waals surface area contributed by atoms with Crippen LogP contribution in [0.15, 0.2) is 26.6 Å². The van der Waals surface area contributed by atoms with Gasteiger partial charge in [-0.05, 0) is 12.3 Å². The molecule has 0 spiro atoms. The SMILES string of the molecule is CCCCN(C(=O)Cn1cc(C(=O)OC)cc([N+](=O)[O-])c1=O)c1c(N)n(CC(C)C)c(=O)[nH]c1=O. The number of nitrogens with zero attached hydrogens (tertiary/aromatic N) is 4. The number of H-pyrrole nitrogens is 1. The summed E-state index contributed by atoms with van der Waals surface area (Å²) >= 11 is 0. The summed E-state index contributed by atoms with van der Waals surface area (Å²) < 4.78 is 6.40. The molecule has 0 saturated carbocycles. The predicted molar refractivity (Wildman–Crippen MR) is 127 cm³/mol. The highest BCUT2D eigenvalue weighted by atomic mass is 16.6. The summed E-state index contributed by atoms with van der Waals surface area (Å²) in [5.41, 5.74) is 1.89. The van der Waals surface area contributed by atoms with Crippen LogP contribution in [0.25, 0.3) is 0 Å². The molecule has 14 nitrogen and oxygen atoms in total. The van der Waals surface area contributed by atoms with E-state index in [-0.39, 0.29) is 36.1 Å². The van der Waals surface area contributed by atoms with Gasteiger partial charge in [0.25, 0.3) is 5.56 Å². The fourth-order valence-electron chi connectivity index (χ4n) is 3.39. The maximum absolute atomic E-state index is 13.3. The number of unbranched alkanes of at least 4 members (excludes halogenated alkanes) is 1. The van der Waals surface area contributed by atoms with E-state index < -0.39 is 45.8 Å². The molecule has 0 aromatic carbocycles. The van der Waals surface area contributed by atoms with E-state index in [9.17, 15) is 34.1 Å². The van der Waals surface area contributed by atoms with Crippen LogP contribution in [0.2, 0.25) is 0 Å². The van der Waals surface area contributed by atoms with E-state index in [2.05, 4.69) is 9.72 Å². The average molecular weight is 492 g/mol. The molecule has 0 atom stereocenters. The number of anilines is 2. The van der Waals surface area contributed by atoms with Gasteiger partial charge in [-0.3, -0.25) is 38.6 Å². The quantitative estimate of drug-likeness (QED) is 0.269. The number of nitrogens with one attached hydrogen (secondary N) is 1. The molecular weight excluding hydrogens is 464 g/mol. The number of aromatic amines is 1. The first-order valence-corrected chi connectivity index (χ1v) is 10.8. The van der Waals surface area contributed by atoms with Crippen molar-refractivity contribution in [3.63, 3.8) is 0 Å². The van der Waals surface area contributed by atoms with E-state index in [0.29, 0.717) is 17.4 Å². The van der Waals surface area contributed by atoms with Gasteiger partial charge in [0.2, 0.25) is 5.91 Å². The molecule has 0 radical (unpaired) electrons. The van der Waals surface area contributed by atoms with Gasteiger partial charge in [-0.2, -0.15) is 0 Å². The molecule has 2 aromatic heterocycles. The lowest BCUT2D eigenvalue weighted by molar-refractivity contribution is -0.386. The van der Waals surface area contributed by atoms with Gasteiger partial charge in [-0.15, -0.1) is 0 Å². The first-order chi connectivity index (χ1) is 16.4. The molecule has 0 fully saturated rings. The molecule has 35 heavy (non-hydrogen) atoms.